The Kier molecular flexibility index (Phi) is 6.17. The summed E-state index contributed by atoms with van der Waals surface area (Å²) < 4.78 is 0. The van der Waals surface area contributed by atoms with E-state index in [4.69, 9.17) is 4.98 Å². The largest absolute Gasteiger partial charge is 0.340 e. The van der Waals surface area contributed by atoms with E-state index >= 15 is 0 Å². The molecule has 1 aromatic carbocycles. The highest BCUT2D eigenvalue weighted by Gasteiger charge is 2.23. The molecule has 1 aromatic heterocycles. The number of nitrogens with zero attached hydrogens (tertiary/aromatic N) is 3. The van der Waals surface area contributed by atoms with Crippen LogP contribution < -0.4 is 5.32 Å². The number of hydrogen-bond acceptors (Lipinski definition) is 5. The molecule has 1 amide bonds. The van der Waals surface area contributed by atoms with Crippen LogP contribution in [0.1, 0.15) is 25.0 Å². The molecule has 2 aliphatic heterocycles. The Balaban J connectivity index is 1.22. The number of carbonyl (C=O) groups excluding carboxylic acids is 1. The van der Waals surface area contributed by atoms with Crippen molar-refractivity contribution < 1.29 is 4.79 Å². The Hall–Kier alpha value is -1.76. The average molecular weight is 385 g/mol. The minimum atomic E-state index is 0.335. The molecule has 3 heterocycles. The molecule has 1 N–H and O–H groups in total. The maximum Gasteiger partial charge on any atom is 0.222 e. The molecule has 2 saturated heterocycles. The van der Waals surface area contributed by atoms with Crippen LogP contribution in [0.25, 0.3) is 10.6 Å². The van der Waals surface area contributed by atoms with Crippen LogP contribution in [-0.2, 0) is 11.3 Å². The van der Waals surface area contributed by atoms with E-state index in [0.29, 0.717) is 18.2 Å². The lowest BCUT2D eigenvalue weighted by atomic mass is 10.0. The lowest BCUT2D eigenvalue weighted by molar-refractivity contribution is -0.133. The molecule has 5 nitrogen and oxygen atoms in total. The maximum atomic E-state index is 12.5. The number of benzene rings is 1. The molecule has 2 aliphatic rings. The molecule has 1 unspecified atom stereocenters. The molecule has 1 atom stereocenters. The van der Waals surface area contributed by atoms with Crippen LogP contribution in [0, 0.1) is 5.92 Å². The third-order valence-corrected chi connectivity index (χ3v) is 6.55. The minimum absolute atomic E-state index is 0.335. The molecule has 27 heavy (non-hydrogen) atoms. The van der Waals surface area contributed by atoms with Gasteiger partial charge < -0.3 is 10.2 Å². The maximum absolute atomic E-state index is 12.5. The number of nitrogens with one attached hydrogen (secondary N) is 1. The van der Waals surface area contributed by atoms with E-state index in [2.05, 4.69) is 44.8 Å². The normalized spacial score (nSPS) is 20.9. The third kappa shape index (κ3) is 4.94. The van der Waals surface area contributed by atoms with Crippen LogP contribution >= 0.6 is 11.3 Å². The van der Waals surface area contributed by atoms with Crippen LogP contribution in [0.3, 0.4) is 0 Å². The van der Waals surface area contributed by atoms with Crippen molar-refractivity contribution in [2.24, 2.45) is 5.92 Å². The fraction of sp³-hybridized carbons (Fsp3) is 0.524. The van der Waals surface area contributed by atoms with Gasteiger partial charge in [0, 0.05) is 50.1 Å². The molecule has 0 bridgehead atoms. The van der Waals surface area contributed by atoms with Crippen molar-refractivity contribution in [2.45, 2.75) is 25.8 Å². The van der Waals surface area contributed by atoms with Crippen LogP contribution in [0.5, 0.6) is 0 Å². The van der Waals surface area contributed by atoms with Crippen LogP contribution in [-0.4, -0.2) is 60.0 Å². The van der Waals surface area contributed by atoms with Gasteiger partial charge in [0.1, 0.15) is 5.01 Å². The highest BCUT2D eigenvalue weighted by molar-refractivity contribution is 7.13. The molecule has 0 aliphatic carbocycles. The molecular weight excluding hydrogens is 356 g/mol. The van der Waals surface area contributed by atoms with E-state index in [-0.39, 0.29) is 0 Å². The zero-order valence-electron chi connectivity index (χ0n) is 15.8. The number of carbonyl (C=O) groups is 1. The summed E-state index contributed by atoms with van der Waals surface area (Å²) in [6, 6.07) is 10.3. The van der Waals surface area contributed by atoms with Crippen molar-refractivity contribution >= 4 is 17.2 Å². The van der Waals surface area contributed by atoms with Gasteiger partial charge in [-0.3, -0.25) is 9.69 Å². The van der Waals surface area contributed by atoms with E-state index in [1.165, 1.54) is 12.0 Å². The number of aromatic nitrogens is 1. The van der Waals surface area contributed by atoms with Crippen LogP contribution in [0.4, 0.5) is 0 Å². The molecule has 4 rings (SSSR count). The van der Waals surface area contributed by atoms with Gasteiger partial charge in [-0.15, -0.1) is 11.3 Å². The fourth-order valence-electron chi connectivity index (χ4n) is 3.92. The number of amides is 1. The predicted octanol–water partition coefficient (Wildman–Crippen LogP) is 2.84. The summed E-state index contributed by atoms with van der Waals surface area (Å²) in [6.07, 6.45) is 2.96. The topological polar surface area (TPSA) is 48.5 Å². The average Bonchev–Trinajstić information content (AvgIpc) is 3.39. The molecule has 0 saturated carbocycles. The first kappa shape index (κ1) is 18.6. The Morgan fingerprint density at radius 3 is 2.74 bits per heavy atom. The second kappa shape index (κ2) is 8.95. The van der Waals surface area contributed by atoms with E-state index in [9.17, 15) is 4.79 Å². The highest BCUT2D eigenvalue weighted by atomic mass is 32.1. The first-order valence-corrected chi connectivity index (χ1v) is 10.9. The molecule has 144 valence electrons. The monoisotopic (exact) mass is 384 g/mol. The Morgan fingerprint density at radius 1 is 1.19 bits per heavy atom. The van der Waals surface area contributed by atoms with Crippen molar-refractivity contribution in [3.63, 3.8) is 0 Å². The van der Waals surface area contributed by atoms with Gasteiger partial charge in [-0.25, -0.2) is 4.98 Å². The van der Waals surface area contributed by atoms with Crippen molar-refractivity contribution in [1.82, 2.24) is 20.1 Å². The number of piperazine rings is 1. The summed E-state index contributed by atoms with van der Waals surface area (Å²) in [5, 5.41) is 6.63. The predicted molar refractivity (Wildman–Crippen MR) is 110 cm³/mol. The molecule has 0 radical (unpaired) electrons. The standard InChI is InChI=1S/C21H28N4OS/c26-20(7-6-17-8-9-22-14-17)25-12-10-24(11-13-25)15-19-16-27-21(23-19)18-4-2-1-3-5-18/h1-5,16-17,22H,6-15H2. The zero-order chi connectivity index (χ0) is 18.5. The fourth-order valence-corrected chi connectivity index (χ4v) is 4.74. The highest BCUT2D eigenvalue weighted by Crippen LogP contribution is 2.24. The van der Waals surface area contributed by atoms with Crippen LogP contribution in [0.2, 0.25) is 0 Å². The van der Waals surface area contributed by atoms with E-state index in [1.807, 2.05) is 6.07 Å². The van der Waals surface area contributed by atoms with Gasteiger partial charge in [0.15, 0.2) is 0 Å². The lowest BCUT2D eigenvalue weighted by Gasteiger charge is -2.34. The van der Waals surface area contributed by atoms with Gasteiger partial charge in [0.05, 0.1) is 5.69 Å². The smallest absolute Gasteiger partial charge is 0.222 e. The first-order valence-electron chi connectivity index (χ1n) is 9.98. The van der Waals surface area contributed by atoms with Gasteiger partial charge in [0.25, 0.3) is 0 Å². The van der Waals surface area contributed by atoms with Crippen molar-refractivity contribution in [3.05, 3.63) is 41.4 Å². The Labute approximate surface area is 165 Å². The number of hydrogen-bond donors (Lipinski definition) is 1. The molecule has 2 aromatic rings. The summed E-state index contributed by atoms with van der Waals surface area (Å²) in [6.45, 7) is 6.64. The minimum Gasteiger partial charge on any atom is -0.340 e. The summed E-state index contributed by atoms with van der Waals surface area (Å²) in [4.78, 5) is 21.7. The van der Waals surface area contributed by atoms with E-state index in [0.717, 1.165) is 62.9 Å². The Morgan fingerprint density at radius 2 is 2.00 bits per heavy atom. The summed E-state index contributed by atoms with van der Waals surface area (Å²) in [7, 11) is 0. The van der Waals surface area contributed by atoms with E-state index < -0.39 is 0 Å². The zero-order valence-corrected chi connectivity index (χ0v) is 16.6. The molecule has 0 spiro atoms. The second-order valence-electron chi connectivity index (χ2n) is 7.56. The lowest BCUT2D eigenvalue weighted by Crippen LogP contribution is -2.48. The quantitative estimate of drug-likeness (QED) is 0.832. The molecule has 6 heteroatoms. The number of thiazole rings is 1. The summed E-state index contributed by atoms with van der Waals surface area (Å²) in [5.41, 5.74) is 2.31. The van der Waals surface area contributed by atoms with E-state index in [1.54, 1.807) is 11.3 Å². The van der Waals surface area contributed by atoms with Crippen molar-refractivity contribution in [2.75, 3.05) is 39.3 Å². The summed E-state index contributed by atoms with van der Waals surface area (Å²) in [5.74, 6) is 1.03. The number of rotatable bonds is 6. The van der Waals surface area contributed by atoms with Gasteiger partial charge in [-0.2, -0.15) is 0 Å². The van der Waals surface area contributed by atoms with Crippen molar-refractivity contribution in [3.8, 4) is 10.6 Å². The van der Waals surface area contributed by atoms with Gasteiger partial charge in [-0.05, 0) is 31.8 Å². The second-order valence-corrected chi connectivity index (χ2v) is 8.42. The first-order chi connectivity index (χ1) is 13.3. The van der Waals surface area contributed by atoms with Gasteiger partial charge in [-0.1, -0.05) is 30.3 Å². The molecular formula is C21H28N4OS. The SMILES string of the molecule is O=C(CCC1CCNC1)N1CCN(Cc2csc(-c3ccccc3)n2)CC1. The summed E-state index contributed by atoms with van der Waals surface area (Å²) >= 11 is 1.71. The van der Waals surface area contributed by atoms with Crippen LogP contribution in [0.15, 0.2) is 35.7 Å². The Bertz CT molecular complexity index is 734. The van der Waals surface area contributed by atoms with Crippen molar-refractivity contribution in [1.29, 1.82) is 0 Å². The van der Waals surface area contributed by atoms with Gasteiger partial charge in [0.2, 0.25) is 5.91 Å². The third-order valence-electron chi connectivity index (χ3n) is 5.61. The van der Waals surface area contributed by atoms with Gasteiger partial charge >= 0.3 is 0 Å². The molecule has 2 fully saturated rings.